The molecule has 1 aliphatic carbocycles. The Morgan fingerprint density at radius 2 is 1.85 bits per heavy atom. The maximum absolute atomic E-state index is 13.3. The number of amides is 1. The summed E-state index contributed by atoms with van der Waals surface area (Å²) in [6.07, 6.45) is 0. The van der Waals surface area contributed by atoms with Crippen LogP contribution in [-0.4, -0.2) is 42.7 Å². The van der Waals surface area contributed by atoms with Crippen molar-refractivity contribution < 1.29 is 14.3 Å². The molecule has 0 fully saturated rings. The van der Waals surface area contributed by atoms with Crippen molar-refractivity contribution in [3.8, 4) is 22.5 Å². The Morgan fingerprint density at radius 1 is 1.09 bits per heavy atom. The van der Waals surface area contributed by atoms with Crippen LogP contribution in [0.5, 0.6) is 0 Å². The molecule has 2 aromatic carbocycles. The first kappa shape index (κ1) is 22.6. The number of benzene rings is 3. The van der Waals surface area contributed by atoms with Gasteiger partial charge in [-0.15, -0.1) is 0 Å². The number of carbonyl (C=O) groups is 1. The third-order valence-electron chi connectivity index (χ3n) is 5.99. The minimum atomic E-state index is -0.156. The van der Waals surface area contributed by atoms with Gasteiger partial charge in [-0.25, -0.2) is 0 Å². The number of fused-ring (bicyclic) bond motifs is 2. The molecule has 1 aliphatic heterocycles. The second kappa shape index (κ2) is 9.08. The van der Waals surface area contributed by atoms with Crippen LogP contribution in [-0.2, 0) is 0 Å². The third kappa shape index (κ3) is 4.10. The van der Waals surface area contributed by atoms with Crippen LogP contribution < -0.4 is 10.7 Å². The topological polar surface area (TPSA) is 89.6 Å². The molecule has 0 spiro atoms. The van der Waals surface area contributed by atoms with E-state index >= 15 is 0 Å². The molecule has 0 saturated heterocycles. The zero-order valence-electron chi connectivity index (χ0n) is 19.5. The van der Waals surface area contributed by atoms with Gasteiger partial charge in [-0.1, -0.05) is 18.2 Å². The van der Waals surface area contributed by atoms with E-state index in [4.69, 9.17) is 9.83 Å². The summed E-state index contributed by atoms with van der Waals surface area (Å²) in [6.45, 7) is 6.95. The molecule has 6 nitrogen and oxygen atoms in total. The highest BCUT2D eigenvalue weighted by Crippen LogP contribution is 2.43. The molecule has 0 bridgehead atoms. The number of rotatable bonds is 6. The molecule has 4 rings (SSSR count). The molecule has 0 unspecified atom stereocenters. The maximum Gasteiger partial charge on any atom is 0.254 e. The van der Waals surface area contributed by atoms with E-state index < -0.39 is 0 Å². The van der Waals surface area contributed by atoms with Gasteiger partial charge in [0.15, 0.2) is 0 Å². The fourth-order valence-corrected chi connectivity index (χ4v) is 4.22. The smallest absolute Gasteiger partial charge is 0.254 e. The second-order valence-electron chi connectivity index (χ2n) is 8.33. The van der Waals surface area contributed by atoms with Crippen molar-refractivity contribution in [2.24, 2.45) is 0 Å². The number of carbonyl (C=O) groups excluding carboxylic acids is 1. The summed E-state index contributed by atoms with van der Waals surface area (Å²) in [5, 5.41) is 22.3. The van der Waals surface area contributed by atoms with Gasteiger partial charge in [-0.3, -0.25) is 4.79 Å². The second-order valence-corrected chi connectivity index (χ2v) is 8.33. The summed E-state index contributed by atoms with van der Waals surface area (Å²) < 4.78 is 6.28. The summed E-state index contributed by atoms with van der Waals surface area (Å²) in [5.41, 5.74) is 6.71. The SMILES string of the molecule is CCNc1cc2oc3cc(=N)c(C)cc-3c(-c3ccccc3C(=O)N(C)CCO)c2cc1C. The fourth-order valence-electron chi connectivity index (χ4n) is 4.22. The predicted octanol–water partition coefficient (Wildman–Crippen LogP) is 4.80. The van der Waals surface area contributed by atoms with E-state index in [1.807, 2.05) is 50.2 Å². The van der Waals surface area contributed by atoms with Gasteiger partial charge >= 0.3 is 0 Å². The number of hydrogen-bond acceptors (Lipinski definition) is 5. The number of anilines is 1. The van der Waals surface area contributed by atoms with E-state index in [1.165, 1.54) is 4.90 Å². The van der Waals surface area contributed by atoms with Crippen LogP contribution in [0.1, 0.15) is 28.4 Å². The summed E-state index contributed by atoms with van der Waals surface area (Å²) in [4.78, 5) is 14.8. The molecule has 0 radical (unpaired) electrons. The lowest BCUT2D eigenvalue weighted by molar-refractivity contribution is 0.0767. The van der Waals surface area contributed by atoms with E-state index in [-0.39, 0.29) is 19.1 Å². The first-order chi connectivity index (χ1) is 15.8. The van der Waals surface area contributed by atoms with Crippen LogP contribution >= 0.6 is 0 Å². The summed E-state index contributed by atoms with van der Waals surface area (Å²) in [5.74, 6) is 0.446. The van der Waals surface area contributed by atoms with Crippen molar-refractivity contribution in [3.05, 3.63) is 70.6 Å². The van der Waals surface area contributed by atoms with Gasteiger partial charge in [0, 0.05) is 60.0 Å². The summed E-state index contributed by atoms with van der Waals surface area (Å²) in [7, 11) is 1.69. The molecule has 170 valence electrons. The highest BCUT2D eigenvalue weighted by atomic mass is 16.3. The first-order valence-corrected chi connectivity index (χ1v) is 11.1. The normalized spacial score (nSPS) is 11.2. The Balaban J connectivity index is 2.10. The predicted molar refractivity (Wildman–Crippen MR) is 132 cm³/mol. The minimum Gasteiger partial charge on any atom is -0.456 e. The van der Waals surface area contributed by atoms with E-state index in [0.717, 1.165) is 45.4 Å². The van der Waals surface area contributed by atoms with E-state index in [1.54, 1.807) is 13.1 Å². The van der Waals surface area contributed by atoms with Gasteiger partial charge in [0.05, 0.1) is 12.0 Å². The minimum absolute atomic E-state index is 0.0989. The van der Waals surface area contributed by atoms with Crippen molar-refractivity contribution >= 4 is 22.6 Å². The van der Waals surface area contributed by atoms with E-state index in [0.29, 0.717) is 22.3 Å². The van der Waals surface area contributed by atoms with Crippen LogP contribution in [0, 0.1) is 19.3 Å². The molecule has 2 aliphatic rings. The van der Waals surface area contributed by atoms with Gasteiger partial charge in [0.25, 0.3) is 5.91 Å². The van der Waals surface area contributed by atoms with E-state index in [2.05, 4.69) is 18.3 Å². The molecule has 0 aromatic heterocycles. The molecular formula is C27H29N3O3. The van der Waals surface area contributed by atoms with Crippen LogP contribution in [0.4, 0.5) is 5.69 Å². The number of hydrogen-bond donors (Lipinski definition) is 3. The molecule has 3 N–H and O–H groups in total. The Hall–Kier alpha value is -3.64. The molecule has 1 amide bonds. The number of aryl methyl sites for hydroxylation is 2. The molecule has 1 heterocycles. The number of nitrogens with zero attached hydrogens (tertiary/aromatic N) is 1. The van der Waals surface area contributed by atoms with Gasteiger partial charge in [-0.05, 0) is 55.7 Å². The average Bonchev–Trinajstić information content (AvgIpc) is 2.79. The van der Waals surface area contributed by atoms with Crippen molar-refractivity contribution in [1.29, 1.82) is 5.41 Å². The zero-order chi connectivity index (χ0) is 23.7. The van der Waals surface area contributed by atoms with Crippen molar-refractivity contribution in [1.82, 2.24) is 4.90 Å². The number of likely N-dealkylation sites (N-methyl/N-ethyl adjacent to an activating group) is 1. The van der Waals surface area contributed by atoms with Crippen LogP contribution in [0.25, 0.3) is 33.4 Å². The highest BCUT2D eigenvalue weighted by Gasteiger charge is 2.23. The zero-order valence-corrected chi connectivity index (χ0v) is 19.5. The molecule has 2 aromatic rings. The standard InChI is InChI=1S/C27H29N3O3/c1-5-29-23-15-25-21(13-17(23)3)26(20-12-16(2)22(28)14-24(20)33-25)18-8-6-7-9-19(18)27(32)30(4)10-11-31/h6-9,12-15,28-29,31H,5,10-11H2,1-4H3. The summed E-state index contributed by atoms with van der Waals surface area (Å²) >= 11 is 0. The largest absolute Gasteiger partial charge is 0.456 e. The van der Waals surface area contributed by atoms with Gasteiger partial charge in [-0.2, -0.15) is 0 Å². The van der Waals surface area contributed by atoms with Gasteiger partial charge in [0.1, 0.15) is 11.3 Å². The average molecular weight is 444 g/mol. The monoisotopic (exact) mass is 443 g/mol. The van der Waals surface area contributed by atoms with Crippen molar-refractivity contribution in [3.63, 3.8) is 0 Å². The summed E-state index contributed by atoms with van der Waals surface area (Å²) in [6, 6.07) is 15.3. The van der Waals surface area contributed by atoms with Crippen molar-refractivity contribution in [2.45, 2.75) is 20.8 Å². The van der Waals surface area contributed by atoms with Crippen LogP contribution in [0.15, 0.2) is 52.9 Å². The quantitative estimate of drug-likeness (QED) is 0.374. The molecular weight excluding hydrogens is 414 g/mol. The number of aliphatic hydroxyl groups excluding tert-OH is 1. The lowest BCUT2D eigenvalue weighted by Gasteiger charge is -2.22. The molecule has 6 heteroatoms. The van der Waals surface area contributed by atoms with Crippen LogP contribution in [0.2, 0.25) is 0 Å². The van der Waals surface area contributed by atoms with Crippen molar-refractivity contribution in [2.75, 3.05) is 32.1 Å². The maximum atomic E-state index is 13.3. The fraction of sp³-hybridized carbons (Fsp3) is 0.259. The lowest BCUT2D eigenvalue weighted by atomic mass is 9.89. The first-order valence-electron chi connectivity index (χ1n) is 11.1. The number of aliphatic hydroxyl groups is 1. The molecule has 33 heavy (non-hydrogen) atoms. The lowest BCUT2D eigenvalue weighted by Crippen LogP contribution is -2.29. The van der Waals surface area contributed by atoms with Gasteiger partial charge < -0.3 is 25.1 Å². The Labute approximate surface area is 193 Å². The Kier molecular flexibility index (Phi) is 6.20. The number of nitrogens with one attached hydrogen (secondary N) is 2. The van der Waals surface area contributed by atoms with E-state index in [9.17, 15) is 9.90 Å². The molecule has 0 saturated carbocycles. The Morgan fingerprint density at radius 3 is 2.58 bits per heavy atom. The highest BCUT2D eigenvalue weighted by molar-refractivity contribution is 6.09. The Bertz CT molecular complexity index is 1370. The van der Waals surface area contributed by atoms with Crippen LogP contribution in [0.3, 0.4) is 0 Å². The molecule has 0 atom stereocenters. The van der Waals surface area contributed by atoms with Gasteiger partial charge in [0.2, 0.25) is 0 Å². The third-order valence-corrected chi connectivity index (χ3v) is 5.99.